The third-order valence-corrected chi connectivity index (χ3v) is 4.87. The van der Waals surface area contributed by atoms with Crippen molar-refractivity contribution in [2.75, 3.05) is 6.61 Å². The van der Waals surface area contributed by atoms with Crippen LogP contribution in [0.4, 0.5) is 4.79 Å². The predicted octanol–water partition coefficient (Wildman–Crippen LogP) is 5.31. The predicted molar refractivity (Wildman–Crippen MR) is 101 cm³/mol. The Balaban J connectivity index is 2.03. The second kappa shape index (κ2) is 7.56. The average Bonchev–Trinajstić information content (AvgIpc) is 3.01. The summed E-state index contributed by atoms with van der Waals surface area (Å²) < 4.78 is 5.30. The second-order valence-corrected chi connectivity index (χ2v) is 6.88. The Hall–Kier alpha value is -2.55. The summed E-state index contributed by atoms with van der Waals surface area (Å²) in [6, 6.07) is 20.7. The number of rotatable bonds is 5. The zero-order valence-corrected chi connectivity index (χ0v) is 15.1. The van der Waals surface area contributed by atoms with Crippen LogP contribution in [0, 0.1) is 5.92 Å². The first kappa shape index (κ1) is 17.3. The maximum Gasteiger partial charge on any atom is 0.414 e. The third kappa shape index (κ3) is 3.76. The Morgan fingerprint density at radius 2 is 1.64 bits per heavy atom. The van der Waals surface area contributed by atoms with E-state index >= 15 is 0 Å². The van der Waals surface area contributed by atoms with E-state index in [9.17, 15) is 4.79 Å². The van der Waals surface area contributed by atoms with E-state index < -0.39 is 0 Å². The van der Waals surface area contributed by atoms with Crippen LogP contribution >= 0.6 is 0 Å². The van der Waals surface area contributed by atoms with Gasteiger partial charge in [-0.25, -0.2) is 4.79 Å². The summed E-state index contributed by atoms with van der Waals surface area (Å²) in [5, 5.41) is 0. The molecule has 25 heavy (non-hydrogen) atoms. The van der Waals surface area contributed by atoms with E-state index in [4.69, 9.17) is 4.74 Å². The van der Waals surface area contributed by atoms with E-state index in [0.29, 0.717) is 12.5 Å². The maximum absolute atomic E-state index is 12.3. The van der Waals surface area contributed by atoms with Crippen LogP contribution in [0.2, 0.25) is 0 Å². The van der Waals surface area contributed by atoms with Crippen LogP contribution in [-0.2, 0) is 4.74 Å². The second-order valence-electron chi connectivity index (χ2n) is 6.88. The lowest BCUT2D eigenvalue weighted by atomic mass is 9.88. The van der Waals surface area contributed by atoms with Gasteiger partial charge in [0.2, 0.25) is 0 Å². The van der Waals surface area contributed by atoms with E-state index in [1.54, 1.807) is 4.90 Å². The van der Waals surface area contributed by atoms with Gasteiger partial charge in [0.1, 0.15) is 6.61 Å². The molecule has 1 unspecified atom stereocenters. The number of carbonyl (C=O) groups excluding carboxylic acids is 1. The van der Waals surface area contributed by atoms with Crippen molar-refractivity contribution in [2.24, 2.45) is 5.92 Å². The summed E-state index contributed by atoms with van der Waals surface area (Å²) in [6.45, 7) is 6.88. The van der Waals surface area contributed by atoms with E-state index in [1.807, 2.05) is 30.5 Å². The molecule has 0 saturated carbocycles. The van der Waals surface area contributed by atoms with Crippen molar-refractivity contribution < 1.29 is 9.53 Å². The first-order valence-electron chi connectivity index (χ1n) is 8.85. The number of ether oxygens (including phenoxy) is 1. The van der Waals surface area contributed by atoms with E-state index in [1.165, 1.54) is 5.56 Å². The fraction of sp³-hybridized carbons (Fsp3) is 0.318. The van der Waals surface area contributed by atoms with Gasteiger partial charge in [-0.05, 0) is 22.6 Å². The van der Waals surface area contributed by atoms with Crippen LogP contribution in [0.15, 0.2) is 66.9 Å². The lowest BCUT2D eigenvalue weighted by molar-refractivity contribution is 0.166. The standard InChI is InChI=1S/C22H25NO2/c1-16(2)21-15-25-22(24)23(21)14-20(19-12-8-5-9-13-19)17(3)18-10-6-4-7-11-18/h4-14,16-17,21H,15H2,1-3H3/b20-14-/t17?,21-/m1/s1. The summed E-state index contributed by atoms with van der Waals surface area (Å²) in [5.41, 5.74) is 3.48. The number of hydrogen-bond donors (Lipinski definition) is 0. The Labute approximate surface area is 149 Å². The third-order valence-electron chi connectivity index (χ3n) is 4.87. The molecule has 3 nitrogen and oxygen atoms in total. The number of carbonyl (C=O) groups is 1. The van der Waals surface area contributed by atoms with Crippen molar-refractivity contribution in [3.05, 3.63) is 78.0 Å². The number of amides is 1. The molecule has 1 heterocycles. The molecule has 0 aliphatic carbocycles. The van der Waals surface area contributed by atoms with Gasteiger partial charge in [0, 0.05) is 12.1 Å². The highest BCUT2D eigenvalue weighted by Gasteiger charge is 2.34. The molecular formula is C22H25NO2. The molecule has 2 aromatic rings. The fourth-order valence-electron chi connectivity index (χ4n) is 3.25. The summed E-state index contributed by atoms with van der Waals surface area (Å²) in [5.74, 6) is 0.511. The van der Waals surface area contributed by atoms with Gasteiger partial charge in [0.15, 0.2) is 0 Å². The smallest absolute Gasteiger partial charge is 0.414 e. The molecule has 2 atom stereocenters. The summed E-state index contributed by atoms with van der Waals surface area (Å²) in [4.78, 5) is 14.0. The van der Waals surface area contributed by atoms with E-state index in [0.717, 1.165) is 11.1 Å². The van der Waals surface area contributed by atoms with Gasteiger partial charge in [-0.15, -0.1) is 0 Å². The highest BCUT2D eigenvalue weighted by Crippen LogP contribution is 2.33. The van der Waals surface area contributed by atoms with Gasteiger partial charge < -0.3 is 4.74 Å². The monoisotopic (exact) mass is 335 g/mol. The van der Waals surface area contributed by atoms with Crippen LogP contribution in [0.5, 0.6) is 0 Å². The molecule has 2 aromatic carbocycles. The molecule has 0 bridgehead atoms. The molecule has 0 radical (unpaired) electrons. The summed E-state index contributed by atoms with van der Waals surface area (Å²) in [7, 11) is 0. The number of cyclic esters (lactones) is 1. The maximum atomic E-state index is 12.3. The minimum absolute atomic E-state index is 0.0779. The van der Waals surface area contributed by atoms with Gasteiger partial charge in [-0.2, -0.15) is 0 Å². The lowest BCUT2D eigenvalue weighted by Crippen LogP contribution is -2.33. The quantitative estimate of drug-likeness (QED) is 0.741. The first-order chi connectivity index (χ1) is 12.1. The van der Waals surface area contributed by atoms with Crippen LogP contribution < -0.4 is 0 Å². The highest BCUT2D eigenvalue weighted by atomic mass is 16.6. The van der Waals surface area contributed by atoms with Crippen LogP contribution in [0.3, 0.4) is 0 Å². The molecule has 0 aromatic heterocycles. The molecule has 1 saturated heterocycles. The van der Waals surface area contributed by atoms with Crippen molar-refractivity contribution in [1.82, 2.24) is 4.90 Å². The highest BCUT2D eigenvalue weighted by molar-refractivity contribution is 5.77. The Morgan fingerprint density at radius 1 is 1.04 bits per heavy atom. The normalized spacial score (nSPS) is 19.2. The van der Waals surface area contributed by atoms with Crippen molar-refractivity contribution >= 4 is 11.7 Å². The Bertz CT molecular complexity index is 737. The molecule has 3 rings (SSSR count). The van der Waals surface area contributed by atoms with Gasteiger partial charge in [-0.1, -0.05) is 81.4 Å². The van der Waals surface area contributed by atoms with Crippen molar-refractivity contribution in [2.45, 2.75) is 32.7 Å². The fourth-order valence-corrected chi connectivity index (χ4v) is 3.25. The van der Waals surface area contributed by atoms with Crippen molar-refractivity contribution in [3.63, 3.8) is 0 Å². The average molecular weight is 335 g/mol. The summed E-state index contributed by atoms with van der Waals surface area (Å²) >= 11 is 0. The van der Waals surface area contributed by atoms with E-state index in [-0.39, 0.29) is 18.1 Å². The Kier molecular flexibility index (Phi) is 5.22. The van der Waals surface area contributed by atoms with Crippen LogP contribution in [0.1, 0.15) is 37.8 Å². The number of benzene rings is 2. The van der Waals surface area contributed by atoms with E-state index in [2.05, 4.69) is 57.2 Å². The molecule has 0 N–H and O–H groups in total. The van der Waals surface area contributed by atoms with Crippen LogP contribution in [0.25, 0.3) is 5.57 Å². The minimum Gasteiger partial charge on any atom is -0.447 e. The molecule has 1 aliphatic rings. The van der Waals surface area contributed by atoms with Gasteiger partial charge >= 0.3 is 6.09 Å². The molecule has 0 spiro atoms. The lowest BCUT2D eigenvalue weighted by Gasteiger charge is -2.25. The summed E-state index contributed by atoms with van der Waals surface area (Å²) in [6.07, 6.45) is 1.74. The zero-order valence-electron chi connectivity index (χ0n) is 15.1. The molecule has 1 aliphatic heterocycles. The largest absolute Gasteiger partial charge is 0.447 e. The molecule has 130 valence electrons. The van der Waals surface area contributed by atoms with Crippen LogP contribution in [-0.4, -0.2) is 23.6 Å². The minimum atomic E-state index is -0.257. The molecule has 3 heteroatoms. The first-order valence-corrected chi connectivity index (χ1v) is 8.85. The molecule has 1 fully saturated rings. The van der Waals surface area contributed by atoms with Crippen molar-refractivity contribution in [3.8, 4) is 0 Å². The Morgan fingerprint density at radius 3 is 2.24 bits per heavy atom. The molecular weight excluding hydrogens is 310 g/mol. The number of hydrogen-bond acceptors (Lipinski definition) is 2. The van der Waals surface area contributed by atoms with Gasteiger partial charge in [0.05, 0.1) is 6.04 Å². The van der Waals surface area contributed by atoms with Crippen molar-refractivity contribution in [1.29, 1.82) is 0 Å². The van der Waals surface area contributed by atoms with Gasteiger partial charge in [0.25, 0.3) is 0 Å². The SMILES string of the molecule is CC(/C(=C/N1C(=O)OC[C@@H]1C(C)C)c1ccccc1)c1ccccc1. The molecule has 1 amide bonds. The topological polar surface area (TPSA) is 29.5 Å². The van der Waals surface area contributed by atoms with Gasteiger partial charge in [-0.3, -0.25) is 4.90 Å². The number of allylic oxidation sites excluding steroid dienone is 1. The number of nitrogens with zero attached hydrogens (tertiary/aromatic N) is 1. The zero-order chi connectivity index (χ0) is 17.8.